The first-order valence-electron chi connectivity index (χ1n) is 3.90. The van der Waals surface area contributed by atoms with Gasteiger partial charge in [-0.2, -0.15) is 0 Å². The zero-order valence-electron chi connectivity index (χ0n) is 8.05. The molecule has 0 rings (SSSR count). The molecule has 74 valence electrons. The average molecular weight is 247 g/mol. The van der Waals surface area contributed by atoms with Gasteiger partial charge in [0.1, 0.15) is 5.76 Å². The van der Waals surface area contributed by atoms with Crippen molar-refractivity contribution in [1.29, 1.82) is 0 Å². The summed E-state index contributed by atoms with van der Waals surface area (Å²) in [6.07, 6.45) is 5.57. The van der Waals surface area contributed by atoms with E-state index in [1.807, 2.05) is 12.2 Å². The maximum Gasteiger partial charge on any atom is 0.118 e. The van der Waals surface area contributed by atoms with Crippen LogP contribution in [0.3, 0.4) is 0 Å². The monoisotopic (exact) mass is 246 g/mol. The van der Waals surface area contributed by atoms with E-state index >= 15 is 0 Å². The summed E-state index contributed by atoms with van der Waals surface area (Å²) in [7, 11) is 3.28. The number of hydrogen-bond acceptors (Lipinski definition) is 2. The predicted molar refractivity (Wildman–Crippen MR) is 59.0 cm³/mol. The molecule has 2 nitrogen and oxygen atoms in total. The lowest BCUT2D eigenvalue weighted by atomic mass is 10.2. The quantitative estimate of drug-likeness (QED) is 0.408. The molecule has 0 aromatic heterocycles. The molecule has 0 N–H and O–H groups in total. The molecular weight excluding hydrogens is 232 g/mol. The SMILES string of the molecule is C=C/C(=C\C(=C/COC)CBr)OC. The fourth-order valence-electron chi connectivity index (χ4n) is 0.726. The Morgan fingerprint density at radius 3 is 2.54 bits per heavy atom. The number of methoxy groups -OCH3 is 2. The second-order valence-electron chi connectivity index (χ2n) is 2.32. The molecule has 0 aliphatic carbocycles. The van der Waals surface area contributed by atoms with Crippen molar-refractivity contribution in [3.05, 3.63) is 36.1 Å². The summed E-state index contributed by atoms with van der Waals surface area (Å²) in [5.41, 5.74) is 1.11. The Kier molecular flexibility index (Phi) is 7.74. The van der Waals surface area contributed by atoms with E-state index < -0.39 is 0 Å². The van der Waals surface area contributed by atoms with Gasteiger partial charge in [0.2, 0.25) is 0 Å². The van der Waals surface area contributed by atoms with Crippen LogP contribution in [-0.4, -0.2) is 26.2 Å². The molecule has 0 fully saturated rings. The van der Waals surface area contributed by atoms with Gasteiger partial charge in [-0.05, 0) is 17.7 Å². The number of hydrogen-bond donors (Lipinski definition) is 0. The molecule has 0 spiro atoms. The first-order valence-corrected chi connectivity index (χ1v) is 5.02. The van der Waals surface area contributed by atoms with Gasteiger partial charge in [-0.3, -0.25) is 0 Å². The number of rotatable bonds is 6. The lowest BCUT2D eigenvalue weighted by Crippen LogP contribution is -1.89. The first-order chi connectivity index (χ1) is 6.28. The largest absolute Gasteiger partial charge is 0.497 e. The molecule has 0 aliphatic heterocycles. The lowest BCUT2D eigenvalue weighted by Gasteiger charge is -2.01. The van der Waals surface area contributed by atoms with Crippen LogP contribution in [0.5, 0.6) is 0 Å². The van der Waals surface area contributed by atoms with Gasteiger partial charge in [0.05, 0.1) is 13.7 Å². The maximum atomic E-state index is 5.05. The van der Waals surface area contributed by atoms with Crippen LogP contribution in [0.4, 0.5) is 0 Å². The third kappa shape index (κ3) is 5.66. The van der Waals surface area contributed by atoms with Gasteiger partial charge < -0.3 is 9.47 Å². The second-order valence-corrected chi connectivity index (χ2v) is 2.88. The van der Waals surface area contributed by atoms with E-state index in [0.29, 0.717) is 6.61 Å². The minimum atomic E-state index is 0.603. The van der Waals surface area contributed by atoms with Crippen LogP contribution in [0.2, 0.25) is 0 Å². The van der Waals surface area contributed by atoms with Gasteiger partial charge in [0.25, 0.3) is 0 Å². The van der Waals surface area contributed by atoms with Crippen molar-refractivity contribution < 1.29 is 9.47 Å². The Morgan fingerprint density at radius 1 is 1.46 bits per heavy atom. The highest BCUT2D eigenvalue weighted by molar-refractivity contribution is 9.09. The molecule has 3 heteroatoms. The van der Waals surface area contributed by atoms with Gasteiger partial charge in [-0.25, -0.2) is 0 Å². The number of alkyl halides is 1. The summed E-state index contributed by atoms with van der Waals surface area (Å²) in [4.78, 5) is 0. The topological polar surface area (TPSA) is 18.5 Å². The fraction of sp³-hybridized carbons (Fsp3) is 0.400. The van der Waals surface area contributed by atoms with Crippen LogP contribution in [-0.2, 0) is 9.47 Å². The minimum absolute atomic E-state index is 0.603. The third-order valence-corrected chi connectivity index (χ3v) is 2.08. The van der Waals surface area contributed by atoms with E-state index in [4.69, 9.17) is 9.47 Å². The third-order valence-electron chi connectivity index (χ3n) is 1.43. The van der Waals surface area contributed by atoms with Crippen LogP contribution >= 0.6 is 15.9 Å². The van der Waals surface area contributed by atoms with Crippen molar-refractivity contribution >= 4 is 15.9 Å². The molecule has 0 saturated carbocycles. The molecule has 0 amide bonds. The molecule has 0 aliphatic rings. The lowest BCUT2D eigenvalue weighted by molar-refractivity contribution is 0.233. The molecule has 0 radical (unpaired) electrons. The summed E-state index contributed by atoms with van der Waals surface area (Å²) in [5, 5.41) is 0.775. The average Bonchev–Trinajstić information content (AvgIpc) is 2.19. The molecule has 0 saturated heterocycles. The molecular formula is C10H15BrO2. The molecule has 0 aromatic rings. The zero-order chi connectivity index (χ0) is 10.1. The van der Waals surface area contributed by atoms with E-state index in [0.717, 1.165) is 16.7 Å². The van der Waals surface area contributed by atoms with E-state index in [2.05, 4.69) is 22.5 Å². The Labute approximate surface area is 88.0 Å². The number of halogens is 1. The maximum absolute atomic E-state index is 5.05. The van der Waals surface area contributed by atoms with Crippen molar-refractivity contribution in [2.24, 2.45) is 0 Å². The normalized spacial score (nSPS) is 12.8. The highest BCUT2D eigenvalue weighted by Crippen LogP contribution is 2.07. The van der Waals surface area contributed by atoms with Crippen LogP contribution in [0, 0.1) is 0 Å². The van der Waals surface area contributed by atoms with Crippen molar-refractivity contribution in [2.45, 2.75) is 0 Å². The molecule has 0 aromatic carbocycles. The van der Waals surface area contributed by atoms with Gasteiger partial charge in [-0.1, -0.05) is 28.6 Å². The predicted octanol–water partition coefficient (Wildman–Crippen LogP) is 2.67. The smallest absolute Gasteiger partial charge is 0.118 e. The molecule has 0 bridgehead atoms. The Morgan fingerprint density at radius 2 is 2.15 bits per heavy atom. The van der Waals surface area contributed by atoms with Crippen molar-refractivity contribution in [1.82, 2.24) is 0 Å². The Bertz CT molecular complexity index is 207. The van der Waals surface area contributed by atoms with Gasteiger partial charge in [-0.15, -0.1) is 0 Å². The summed E-state index contributed by atoms with van der Waals surface area (Å²) in [6.45, 7) is 4.24. The number of ether oxygens (including phenoxy) is 2. The van der Waals surface area contributed by atoms with E-state index in [-0.39, 0.29) is 0 Å². The minimum Gasteiger partial charge on any atom is -0.497 e. The standard InChI is InChI=1S/C10H15BrO2/c1-4-10(13-3)7-9(8-11)5-6-12-2/h4-5,7H,1,6,8H2,2-3H3/b9-5+,10-7+. The van der Waals surface area contributed by atoms with E-state index in [9.17, 15) is 0 Å². The summed E-state index contributed by atoms with van der Waals surface area (Å²) >= 11 is 3.37. The van der Waals surface area contributed by atoms with Crippen LogP contribution in [0.25, 0.3) is 0 Å². The molecule has 0 atom stereocenters. The van der Waals surface area contributed by atoms with Crippen molar-refractivity contribution in [3.8, 4) is 0 Å². The van der Waals surface area contributed by atoms with Gasteiger partial charge >= 0.3 is 0 Å². The highest BCUT2D eigenvalue weighted by Gasteiger charge is 1.93. The van der Waals surface area contributed by atoms with Crippen LogP contribution in [0.1, 0.15) is 0 Å². The van der Waals surface area contributed by atoms with Crippen molar-refractivity contribution in [2.75, 3.05) is 26.2 Å². The van der Waals surface area contributed by atoms with E-state index in [1.54, 1.807) is 20.3 Å². The number of allylic oxidation sites excluding steroid dienone is 3. The second kappa shape index (κ2) is 8.08. The Balaban J connectivity index is 4.39. The summed E-state index contributed by atoms with van der Waals surface area (Å²) in [6, 6.07) is 0. The van der Waals surface area contributed by atoms with E-state index in [1.165, 1.54) is 0 Å². The molecule has 0 heterocycles. The van der Waals surface area contributed by atoms with Gasteiger partial charge in [0, 0.05) is 12.4 Å². The summed E-state index contributed by atoms with van der Waals surface area (Å²) < 4.78 is 9.98. The first kappa shape index (κ1) is 12.5. The zero-order valence-corrected chi connectivity index (χ0v) is 9.63. The Hall–Kier alpha value is -0.540. The van der Waals surface area contributed by atoms with Crippen molar-refractivity contribution in [3.63, 3.8) is 0 Å². The van der Waals surface area contributed by atoms with Crippen LogP contribution < -0.4 is 0 Å². The molecule has 0 unspecified atom stereocenters. The molecule has 13 heavy (non-hydrogen) atoms. The van der Waals surface area contributed by atoms with Crippen LogP contribution in [0.15, 0.2) is 36.1 Å². The van der Waals surface area contributed by atoms with Gasteiger partial charge in [0.15, 0.2) is 0 Å². The highest BCUT2D eigenvalue weighted by atomic mass is 79.9. The fourth-order valence-corrected chi connectivity index (χ4v) is 1.12. The summed E-state index contributed by atoms with van der Waals surface area (Å²) in [5.74, 6) is 0.752.